The third kappa shape index (κ3) is 0.632. The summed E-state index contributed by atoms with van der Waals surface area (Å²) < 4.78 is 0. The van der Waals surface area contributed by atoms with Crippen LogP contribution < -0.4 is 0 Å². The van der Waals surface area contributed by atoms with Gasteiger partial charge in [0.1, 0.15) is 0 Å². The highest BCUT2D eigenvalue weighted by Crippen LogP contribution is 2.34. The second-order valence-corrected chi connectivity index (χ2v) is 3.21. The summed E-state index contributed by atoms with van der Waals surface area (Å²) in [6.07, 6.45) is 3.11. The van der Waals surface area contributed by atoms with Gasteiger partial charge in [0.15, 0.2) is 0 Å². The fourth-order valence-corrected chi connectivity index (χ4v) is 1.92. The maximum Gasteiger partial charge on any atom is 0.0492 e. The minimum absolute atomic E-state index is 1.09. The van der Waals surface area contributed by atoms with Crippen LogP contribution in [0, 0.1) is 0 Å². The first-order valence-corrected chi connectivity index (χ1v) is 4.20. The molecule has 0 spiro atoms. The lowest BCUT2D eigenvalue weighted by atomic mass is 10.1. The number of nitrogens with one attached hydrogen (secondary N) is 1. The van der Waals surface area contributed by atoms with Crippen LogP contribution in [0.2, 0.25) is 0 Å². The molecule has 12 heavy (non-hydrogen) atoms. The zero-order chi connectivity index (χ0) is 7.97. The molecule has 1 aliphatic rings. The van der Waals surface area contributed by atoms with Crippen molar-refractivity contribution in [1.82, 2.24) is 4.98 Å². The number of fused-ring (bicyclic) bond motifs is 3. The summed E-state index contributed by atoms with van der Waals surface area (Å²) in [6, 6.07) is 10.7. The molecule has 0 amide bonds. The highest BCUT2D eigenvalue weighted by atomic mass is 14.7. The first kappa shape index (κ1) is 6.06. The van der Waals surface area contributed by atoms with E-state index in [9.17, 15) is 0 Å². The van der Waals surface area contributed by atoms with Crippen LogP contribution in [0.5, 0.6) is 0 Å². The molecule has 1 N–H and O–H groups in total. The first-order valence-electron chi connectivity index (χ1n) is 4.20. The fraction of sp³-hybridized carbons (Fsp3) is 0.0909. The van der Waals surface area contributed by atoms with Crippen LogP contribution >= 0.6 is 0 Å². The summed E-state index contributed by atoms with van der Waals surface area (Å²) in [4.78, 5) is 3.27. The normalized spacial score (nSPS) is 12.7. The van der Waals surface area contributed by atoms with Gasteiger partial charge >= 0.3 is 0 Å². The van der Waals surface area contributed by atoms with Gasteiger partial charge in [-0.3, -0.25) is 0 Å². The summed E-state index contributed by atoms with van der Waals surface area (Å²) in [5.74, 6) is 0. The van der Waals surface area contributed by atoms with Gasteiger partial charge in [-0.25, -0.2) is 0 Å². The minimum Gasteiger partial charge on any atom is -0.361 e. The lowest BCUT2D eigenvalue weighted by Gasteiger charge is -1.96. The Morgan fingerprint density at radius 1 is 1.00 bits per heavy atom. The third-order valence-corrected chi connectivity index (χ3v) is 2.50. The fourth-order valence-electron chi connectivity index (χ4n) is 1.92. The molecule has 1 aromatic carbocycles. The van der Waals surface area contributed by atoms with Crippen LogP contribution in [0.3, 0.4) is 0 Å². The zero-order valence-electron chi connectivity index (χ0n) is 6.67. The number of aromatic amines is 1. The monoisotopic (exact) mass is 155 g/mol. The predicted octanol–water partition coefficient (Wildman–Crippen LogP) is 2.59. The van der Waals surface area contributed by atoms with Crippen LogP contribution in [-0.2, 0) is 6.42 Å². The second kappa shape index (κ2) is 2.01. The molecule has 1 aromatic heterocycles. The summed E-state index contributed by atoms with van der Waals surface area (Å²) in [7, 11) is 0. The summed E-state index contributed by atoms with van der Waals surface area (Å²) in [5.41, 5.74) is 5.55. The maximum absolute atomic E-state index is 3.27. The predicted molar refractivity (Wildman–Crippen MR) is 49.0 cm³/mol. The van der Waals surface area contributed by atoms with E-state index in [1.165, 1.54) is 22.4 Å². The van der Waals surface area contributed by atoms with E-state index in [2.05, 4.69) is 35.3 Å². The van der Waals surface area contributed by atoms with Crippen molar-refractivity contribution >= 4 is 0 Å². The second-order valence-electron chi connectivity index (χ2n) is 3.21. The molecule has 0 radical (unpaired) electrons. The molecule has 1 nitrogen and oxygen atoms in total. The van der Waals surface area contributed by atoms with E-state index in [-0.39, 0.29) is 0 Å². The molecular weight excluding hydrogens is 146 g/mol. The van der Waals surface area contributed by atoms with Crippen molar-refractivity contribution in [2.75, 3.05) is 0 Å². The van der Waals surface area contributed by atoms with Gasteiger partial charge in [-0.15, -0.1) is 0 Å². The van der Waals surface area contributed by atoms with Crippen molar-refractivity contribution in [2.24, 2.45) is 0 Å². The Kier molecular flexibility index (Phi) is 1.01. The van der Waals surface area contributed by atoms with Crippen molar-refractivity contribution in [3.05, 3.63) is 47.7 Å². The molecule has 1 aliphatic carbocycles. The zero-order valence-corrected chi connectivity index (χ0v) is 6.67. The number of hydrogen-bond donors (Lipinski definition) is 1. The molecule has 0 atom stereocenters. The molecule has 0 unspecified atom stereocenters. The Morgan fingerprint density at radius 3 is 2.92 bits per heavy atom. The minimum atomic E-state index is 1.09. The van der Waals surface area contributed by atoms with Gasteiger partial charge in [0.05, 0.1) is 0 Å². The summed E-state index contributed by atoms with van der Waals surface area (Å²) >= 11 is 0. The van der Waals surface area contributed by atoms with E-state index in [0.29, 0.717) is 0 Å². The van der Waals surface area contributed by atoms with Gasteiger partial charge in [0, 0.05) is 23.9 Å². The molecule has 0 bridgehead atoms. The van der Waals surface area contributed by atoms with Crippen LogP contribution in [-0.4, -0.2) is 4.98 Å². The molecule has 0 saturated carbocycles. The largest absolute Gasteiger partial charge is 0.361 e. The van der Waals surface area contributed by atoms with E-state index in [1.54, 1.807) is 0 Å². The van der Waals surface area contributed by atoms with Crippen LogP contribution in [0.25, 0.3) is 11.3 Å². The quantitative estimate of drug-likeness (QED) is 0.513. The lowest BCUT2D eigenvalue weighted by molar-refractivity contribution is 1.27. The smallest absolute Gasteiger partial charge is 0.0492 e. The van der Waals surface area contributed by atoms with Gasteiger partial charge in [0.25, 0.3) is 0 Å². The first-order chi connectivity index (χ1) is 5.95. The van der Waals surface area contributed by atoms with Crippen LogP contribution in [0.15, 0.2) is 36.5 Å². The number of benzene rings is 1. The van der Waals surface area contributed by atoms with Gasteiger partial charge in [-0.1, -0.05) is 24.3 Å². The summed E-state index contributed by atoms with van der Waals surface area (Å²) in [5, 5.41) is 0. The highest BCUT2D eigenvalue weighted by molar-refractivity contribution is 5.73. The van der Waals surface area contributed by atoms with Crippen molar-refractivity contribution < 1.29 is 0 Å². The van der Waals surface area contributed by atoms with Gasteiger partial charge < -0.3 is 4.98 Å². The average molecular weight is 155 g/mol. The Bertz CT molecular complexity index is 426. The number of rotatable bonds is 0. The molecule has 1 heterocycles. The van der Waals surface area contributed by atoms with Crippen molar-refractivity contribution in [3.63, 3.8) is 0 Å². The average Bonchev–Trinajstić information content (AvgIpc) is 2.62. The van der Waals surface area contributed by atoms with E-state index >= 15 is 0 Å². The van der Waals surface area contributed by atoms with Crippen LogP contribution in [0.4, 0.5) is 0 Å². The molecular formula is C11H9N. The molecule has 1 heteroatoms. The topological polar surface area (TPSA) is 15.8 Å². The number of aromatic nitrogens is 1. The molecule has 3 rings (SSSR count). The Labute approximate surface area is 71.1 Å². The highest BCUT2D eigenvalue weighted by Gasteiger charge is 2.17. The Morgan fingerprint density at radius 2 is 1.92 bits per heavy atom. The lowest BCUT2D eigenvalue weighted by Crippen LogP contribution is -1.78. The molecule has 0 aliphatic heterocycles. The standard InChI is InChI=1S/C11H9N/c1-2-4-10-8(3-1)7-9-5-6-12-11(9)10/h1-6,12H,7H2. The van der Waals surface area contributed by atoms with Gasteiger partial charge in [-0.05, 0) is 17.2 Å². The maximum atomic E-state index is 3.27. The third-order valence-electron chi connectivity index (χ3n) is 2.50. The Hall–Kier alpha value is -1.50. The molecule has 2 aromatic rings. The van der Waals surface area contributed by atoms with E-state index in [0.717, 1.165) is 6.42 Å². The van der Waals surface area contributed by atoms with Crippen LogP contribution in [0.1, 0.15) is 11.1 Å². The van der Waals surface area contributed by atoms with E-state index in [4.69, 9.17) is 0 Å². The summed E-state index contributed by atoms with van der Waals surface area (Å²) in [6.45, 7) is 0. The SMILES string of the molecule is c1ccc2c(c1)Cc1cc[nH]c1-2. The van der Waals surface area contributed by atoms with Crippen molar-refractivity contribution in [3.8, 4) is 11.3 Å². The number of H-pyrrole nitrogens is 1. The van der Waals surface area contributed by atoms with Gasteiger partial charge in [0.2, 0.25) is 0 Å². The van der Waals surface area contributed by atoms with Crippen molar-refractivity contribution in [1.29, 1.82) is 0 Å². The van der Waals surface area contributed by atoms with E-state index in [1.807, 2.05) is 6.20 Å². The van der Waals surface area contributed by atoms with Gasteiger partial charge in [-0.2, -0.15) is 0 Å². The molecule has 0 saturated heterocycles. The molecule has 58 valence electrons. The Balaban J connectivity index is 2.34. The number of hydrogen-bond acceptors (Lipinski definition) is 0. The van der Waals surface area contributed by atoms with E-state index < -0.39 is 0 Å². The molecule has 0 fully saturated rings. The van der Waals surface area contributed by atoms with Crippen molar-refractivity contribution in [2.45, 2.75) is 6.42 Å².